The Kier molecular flexibility index (Phi) is 5.15. The number of anilines is 1. The maximum atomic E-state index is 13.6. The van der Waals surface area contributed by atoms with Gasteiger partial charge in [0.25, 0.3) is 5.91 Å². The van der Waals surface area contributed by atoms with E-state index in [1.807, 2.05) is 0 Å². The summed E-state index contributed by atoms with van der Waals surface area (Å²) in [5.41, 5.74) is 0.575. The molecule has 0 spiro atoms. The predicted octanol–water partition coefficient (Wildman–Crippen LogP) is 6.12. The summed E-state index contributed by atoms with van der Waals surface area (Å²) in [5, 5.41) is 12.2. The van der Waals surface area contributed by atoms with E-state index in [9.17, 15) is 14.7 Å². The average Bonchev–Trinajstić information content (AvgIpc) is 3.53. The molecule has 0 radical (unpaired) electrons. The fraction of sp³-hybridized carbons (Fsp3) is 0.0833. The highest BCUT2D eigenvalue weighted by molar-refractivity contribution is 6.31. The average molecular weight is 484 g/mol. The first-order chi connectivity index (χ1) is 15.9. The lowest BCUT2D eigenvalue weighted by Crippen LogP contribution is -2.30. The number of carbonyl (C=O) groups is 2. The molecular weight excluding hydrogens is 469 g/mol. The van der Waals surface area contributed by atoms with Gasteiger partial charge in [0.15, 0.2) is 22.9 Å². The van der Waals surface area contributed by atoms with Crippen molar-refractivity contribution in [3.05, 3.63) is 93.8 Å². The SMILES string of the molecule is COc1cc(Cl)cc2cc(C(=O)C3=C(O)C(=O)N(c4ccc(Cl)cc4)C3c3ccco3)oc12. The van der Waals surface area contributed by atoms with Gasteiger partial charge < -0.3 is 18.7 Å². The van der Waals surface area contributed by atoms with E-state index in [2.05, 4.69) is 0 Å². The number of furan rings is 2. The van der Waals surface area contributed by atoms with E-state index in [0.717, 1.165) is 0 Å². The first kappa shape index (κ1) is 21.2. The molecule has 0 bridgehead atoms. The van der Waals surface area contributed by atoms with Crippen molar-refractivity contribution >= 4 is 51.5 Å². The minimum absolute atomic E-state index is 0.0885. The molecule has 4 aromatic rings. The summed E-state index contributed by atoms with van der Waals surface area (Å²) >= 11 is 12.1. The van der Waals surface area contributed by atoms with Gasteiger partial charge in [-0.25, -0.2) is 0 Å². The second-order valence-electron chi connectivity index (χ2n) is 7.30. The Labute approximate surface area is 197 Å². The molecule has 0 saturated heterocycles. The largest absolute Gasteiger partial charge is 0.503 e. The van der Waals surface area contributed by atoms with Crippen LogP contribution in [0.15, 0.2) is 81.0 Å². The van der Waals surface area contributed by atoms with Gasteiger partial charge in [-0.1, -0.05) is 23.2 Å². The van der Waals surface area contributed by atoms with Crippen molar-refractivity contribution in [1.82, 2.24) is 0 Å². The van der Waals surface area contributed by atoms with Gasteiger partial charge in [-0.3, -0.25) is 14.5 Å². The summed E-state index contributed by atoms with van der Waals surface area (Å²) in [7, 11) is 1.45. The molecule has 5 rings (SSSR count). The number of hydrogen-bond acceptors (Lipinski definition) is 6. The summed E-state index contributed by atoms with van der Waals surface area (Å²) < 4.78 is 16.6. The number of rotatable bonds is 5. The fourth-order valence-electron chi connectivity index (χ4n) is 3.90. The molecule has 9 heteroatoms. The molecular formula is C24H15Cl2NO6. The number of aliphatic hydroxyl groups is 1. The highest BCUT2D eigenvalue weighted by Crippen LogP contribution is 2.43. The quantitative estimate of drug-likeness (QED) is 0.343. The molecule has 1 amide bonds. The number of hydrogen-bond donors (Lipinski definition) is 1. The van der Waals surface area contributed by atoms with Crippen molar-refractivity contribution < 1.29 is 28.3 Å². The van der Waals surface area contributed by atoms with Gasteiger partial charge in [0.2, 0.25) is 5.78 Å². The Balaban J connectivity index is 1.64. The number of benzene rings is 2. The Hall–Kier alpha value is -3.68. The summed E-state index contributed by atoms with van der Waals surface area (Å²) in [6.45, 7) is 0. The lowest BCUT2D eigenvalue weighted by Gasteiger charge is -2.24. The van der Waals surface area contributed by atoms with E-state index in [1.165, 1.54) is 24.3 Å². The summed E-state index contributed by atoms with van der Waals surface area (Å²) in [5.74, 6) is -1.56. The highest BCUT2D eigenvalue weighted by Gasteiger charge is 2.46. The van der Waals surface area contributed by atoms with Crippen LogP contribution in [0, 0.1) is 0 Å². The summed E-state index contributed by atoms with van der Waals surface area (Å²) in [4.78, 5) is 27.9. The third-order valence-electron chi connectivity index (χ3n) is 5.36. The summed E-state index contributed by atoms with van der Waals surface area (Å²) in [6.07, 6.45) is 1.42. The molecule has 2 aromatic carbocycles. The van der Waals surface area contributed by atoms with Crippen LogP contribution in [0.4, 0.5) is 5.69 Å². The number of halogens is 2. The van der Waals surface area contributed by atoms with E-state index in [1.54, 1.807) is 48.5 Å². The van der Waals surface area contributed by atoms with Gasteiger partial charge in [-0.15, -0.1) is 0 Å². The van der Waals surface area contributed by atoms with Crippen molar-refractivity contribution in [2.75, 3.05) is 12.0 Å². The lowest BCUT2D eigenvalue weighted by molar-refractivity contribution is -0.117. The number of carbonyl (C=O) groups excluding carboxylic acids is 2. The molecule has 7 nitrogen and oxygen atoms in total. The first-order valence-electron chi connectivity index (χ1n) is 9.76. The molecule has 0 saturated carbocycles. The number of ether oxygens (including phenoxy) is 1. The van der Waals surface area contributed by atoms with Gasteiger partial charge in [-0.2, -0.15) is 0 Å². The number of methoxy groups -OCH3 is 1. The normalized spacial score (nSPS) is 16.2. The van der Waals surface area contributed by atoms with Crippen molar-refractivity contribution in [1.29, 1.82) is 0 Å². The second-order valence-corrected chi connectivity index (χ2v) is 8.17. The Morgan fingerprint density at radius 3 is 2.52 bits per heavy atom. The number of aliphatic hydroxyl groups excluding tert-OH is 1. The maximum absolute atomic E-state index is 13.6. The van der Waals surface area contributed by atoms with Crippen molar-refractivity contribution in [2.24, 2.45) is 0 Å². The maximum Gasteiger partial charge on any atom is 0.294 e. The standard InChI is InChI=1S/C24H15Cl2NO6/c1-31-18-11-14(26)9-12-10-17(33-23(12)18)21(28)19-20(16-3-2-8-32-16)27(24(30)22(19)29)15-6-4-13(25)5-7-15/h2-11,20,29H,1H3. The van der Waals surface area contributed by atoms with Crippen LogP contribution in [0.25, 0.3) is 11.0 Å². The molecule has 33 heavy (non-hydrogen) atoms. The van der Waals surface area contributed by atoms with E-state index in [0.29, 0.717) is 38.2 Å². The number of nitrogens with zero attached hydrogens (tertiary/aromatic N) is 1. The zero-order chi connectivity index (χ0) is 23.3. The molecule has 1 unspecified atom stereocenters. The number of amides is 1. The van der Waals surface area contributed by atoms with Crippen LogP contribution in [0.1, 0.15) is 22.4 Å². The van der Waals surface area contributed by atoms with Gasteiger partial charge in [0.05, 0.1) is 18.9 Å². The van der Waals surface area contributed by atoms with Crippen LogP contribution in [0.2, 0.25) is 10.0 Å². The molecule has 1 N–H and O–H groups in total. The number of fused-ring (bicyclic) bond motifs is 1. The van der Waals surface area contributed by atoms with E-state index in [4.69, 9.17) is 36.8 Å². The Bertz CT molecular complexity index is 1420. The van der Waals surface area contributed by atoms with Crippen LogP contribution in [-0.4, -0.2) is 23.9 Å². The van der Waals surface area contributed by atoms with E-state index >= 15 is 0 Å². The van der Waals surface area contributed by atoms with Crippen LogP contribution in [0.5, 0.6) is 5.75 Å². The number of Topliss-reactive ketones (excluding diaryl/α,β-unsaturated/α-hetero) is 1. The van der Waals surface area contributed by atoms with Crippen LogP contribution in [-0.2, 0) is 4.79 Å². The molecule has 1 aliphatic rings. The van der Waals surface area contributed by atoms with E-state index < -0.39 is 23.5 Å². The monoisotopic (exact) mass is 483 g/mol. The van der Waals surface area contributed by atoms with Crippen molar-refractivity contribution in [3.8, 4) is 5.75 Å². The second kappa shape index (κ2) is 8.03. The van der Waals surface area contributed by atoms with Gasteiger partial charge in [0.1, 0.15) is 11.8 Å². The van der Waals surface area contributed by atoms with E-state index in [-0.39, 0.29) is 11.3 Å². The molecule has 166 valence electrons. The van der Waals surface area contributed by atoms with Crippen molar-refractivity contribution in [3.63, 3.8) is 0 Å². The molecule has 0 aliphatic carbocycles. The van der Waals surface area contributed by atoms with Crippen LogP contribution < -0.4 is 9.64 Å². The third-order valence-corrected chi connectivity index (χ3v) is 5.83. The van der Waals surface area contributed by atoms with Gasteiger partial charge in [0, 0.05) is 27.2 Å². The third kappa shape index (κ3) is 3.46. The zero-order valence-electron chi connectivity index (χ0n) is 17.0. The molecule has 2 aromatic heterocycles. The number of ketones is 1. The minimum atomic E-state index is -1.01. The molecule has 1 atom stereocenters. The lowest BCUT2D eigenvalue weighted by atomic mass is 9.99. The minimum Gasteiger partial charge on any atom is -0.503 e. The smallest absolute Gasteiger partial charge is 0.294 e. The van der Waals surface area contributed by atoms with Gasteiger partial charge in [-0.05, 0) is 48.5 Å². The molecule has 0 fully saturated rings. The first-order valence-corrected chi connectivity index (χ1v) is 10.5. The zero-order valence-corrected chi connectivity index (χ0v) is 18.6. The van der Waals surface area contributed by atoms with Crippen LogP contribution >= 0.6 is 23.2 Å². The Morgan fingerprint density at radius 2 is 1.85 bits per heavy atom. The molecule has 3 heterocycles. The highest BCUT2D eigenvalue weighted by atomic mass is 35.5. The van der Waals surface area contributed by atoms with Crippen molar-refractivity contribution in [2.45, 2.75) is 6.04 Å². The topological polar surface area (TPSA) is 93.1 Å². The Morgan fingerprint density at radius 1 is 1.09 bits per heavy atom. The van der Waals surface area contributed by atoms with Crippen LogP contribution in [0.3, 0.4) is 0 Å². The summed E-state index contributed by atoms with van der Waals surface area (Å²) in [6, 6.07) is 13.4. The molecule has 1 aliphatic heterocycles. The predicted molar refractivity (Wildman–Crippen MR) is 122 cm³/mol. The fourth-order valence-corrected chi connectivity index (χ4v) is 4.25. The van der Waals surface area contributed by atoms with Gasteiger partial charge >= 0.3 is 0 Å².